The molecular formula is C17H16N4OS. The van der Waals surface area contributed by atoms with E-state index < -0.39 is 0 Å². The fourth-order valence-corrected chi connectivity index (χ4v) is 3.40. The minimum absolute atomic E-state index is 0.0490. The van der Waals surface area contributed by atoms with E-state index in [1.165, 1.54) is 24.2 Å². The van der Waals surface area contributed by atoms with Crippen molar-refractivity contribution in [2.75, 3.05) is 0 Å². The van der Waals surface area contributed by atoms with E-state index >= 15 is 0 Å². The maximum atomic E-state index is 12.2. The molecule has 2 N–H and O–H groups in total. The zero-order valence-electron chi connectivity index (χ0n) is 12.5. The Hall–Kier alpha value is -2.47. The van der Waals surface area contributed by atoms with Crippen LogP contribution in [0, 0.1) is 0 Å². The Kier molecular flexibility index (Phi) is 3.67. The van der Waals surface area contributed by atoms with Crippen LogP contribution in [0.3, 0.4) is 0 Å². The number of nitrogens with one attached hydrogen (secondary N) is 2. The third-order valence-corrected chi connectivity index (χ3v) is 5.05. The van der Waals surface area contributed by atoms with Crippen molar-refractivity contribution >= 4 is 17.2 Å². The molecule has 1 fully saturated rings. The molecule has 2 heterocycles. The van der Waals surface area contributed by atoms with Crippen LogP contribution in [0.2, 0.25) is 0 Å². The van der Waals surface area contributed by atoms with Crippen LogP contribution in [0.25, 0.3) is 11.3 Å². The number of hydrogen-bond acceptors (Lipinski definition) is 4. The van der Waals surface area contributed by atoms with Crippen LogP contribution in [-0.2, 0) is 6.54 Å². The molecule has 0 aliphatic heterocycles. The van der Waals surface area contributed by atoms with Crippen molar-refractivity contribution in [3.05, 3.63) is 58.2 Å². The molecular weight excluding hydrogens is 308 g/mol. The van der Waals surface area contributed by atoms with Gasteiger partial charge in [0, 0.05) is 18.7 Å². The molecule has 1 aliphatic rings. The smallest absolute Gasteiger partial charge is 0.263 e. The van der Waals surface area contributed by atoms with Crippen molar-refractivity contribution in [3.8, 4) is 11.3 Å². The van der Waals surface area contributed by atoms with Gasteiger partial charge in [-0.3, -0.25) is 9.89 Å². The second-order valence-corrected chi connectivity index (χ2v) is 6.75. The molecule has 0 spiro atoms. The van der Waals surface area contributed by atoms with Crippen LogP contribution in [0.15, 0.2) is 42.7 Å². The van der Waals surface area contributed by atoms with Crippen molar-refractivity contribution in [3.63, 3.8) is 0 Å². The fraction of sp³-hybridized carbons (Fsp3) is 0.235. The number of nitrogens with zero attached hydrogens (tertiary/aromatic N) is 2. The van der Waals surface area contributed by atoms with Gasteiger partial charge in [-0.2, -0.15) is 5.10 Å². The number of thiazole rings is 1. The number of aromatic nitrogens is 3. The first kappa shape index (κ1) is 14.1. The molecule has 23 heavy (non-hydrogen) atoms. The van der Waals surface area contributed by atoms with Crippen molar-refractivity contribution in [2.24, 2.45) is 0 Å². The molecule has 116 valence electrons. The lowest BCUT2D eigenvalue weighted by Crippen LogP contribution is -2.21. The predicted molar refractivity (Wildman–Crippen MR) is 89.3 cm³/mol. The van der Waals surface area contributed by atoms with E-state index in [9.17, 15) is 4.79 Å². The van der Waals surface area contributed by atoms with Gasteiger partial charge in [0.2, 0.25) is 0 Å². The van der Waals surface area contributed by atoms with Crippen molar-refractivity contribution < 1.29 is 4.79 Å². The molecule has 0 bridgehead atoms. The number of rotatable bonds is 5. The van der Waals surface area contributed by atoms with Crippen LogP contribution in [0.4, 0.5) is 0 Å². The van der Waals surface area contributed by atoms with Crippen LogP contribution in [0.1, 0.15) is 39.0 Å². The fourth-order valence-electron chi connectivity index (χ4n) is 2.40. The molecule has 0 unspecified atom stereocenters. The summed E-state index contributed by atoms with van der Waals surface area (Å²) in [7, 11) is 0. The number of benzene rings is 1. The monoisotopic (exact) mass is 324 g/mol. The maximum Gasteiger partial charge on any atom is 0.263 e. The van der Waals surface area contributed by atoms with Gasteiger partial charge in [-0.15, -0.1) is 11.3 Å². The number of carbonyl (C=O) groups is 1. The normalized spacial score (nSPS) is 13.9. The summed E-state index contributed by atoms with van der Waals surface area (Å²) in [5.74, 6) is 0.545. The number of carbonyl (C=O) groups excluding carboxylic acids is 1. The SMILES string of the molecule is O=C(NCc1ccc(-c2ccn[nH]2)cc1)c1cnc(C2CC2)s1. The summed E-state index contributed by atoms with van der Waals surface area (Å²) in [6, 6.07) is 10.00. The van der Waals surface area contributed by atoms with E-state index in [1.807, 2.05) is 30.3 Å². The van der Waals surface area contributed by atoms with Gasteiger partial charge in [0.05, 0.1) is 16.9 Å². The molecule has 3 aromatic rings. The molecule has 0 radical (unpaired) electrons. The highest BCUT2D eigenvalue weighted by atomic mass is 32.1. The lowest BCUT2D eigenvalue weighted by Gasteiger charge is -2.05. The molecule has 2 aromatic heterocycles. The summed E-state index contributed by atoms with van der Waals surface area (Å²) in [6.45, 7) is 0.513. The Balaban J connectivity index is 1.37. The summed E-state index contributed by atoms with van der Waals surface area (Å²) in [5.41, 5.74) is 3.13. The first-order valence-electron chi connectivity index (χ1n) is 7.62. The third-order valence-electron chi connectivity index (χ3n) is 3.89. The van der Waals surface area contributed by atoms with Gasteiger partial charge >= 0.3 is 0 Å². The summed E-state index contributed by atoms with van der Waals surface area (Å²) in [4.78, 5) is 17.2. The Labute approximate surface area is 137 Å². The molecule has 1 aliphatic carbocycles. The molecule has 1 amide bonds. The van der Waals surface area contributed by atoms with Crippen molar-refractivity contribution in [1.82, 2.24) is 20.5 Å². The molecule has 0 atom stereocenters. The third kappa shape index (κ3) is 3.17. The van der Waals surface area contributed by atoms with Gasteiger partial charge < -0.3 is 5.32 Å². The quantitative estimate of drug-likeness (QED) is 0.756. The molecule has 6 heteroatoms. The number of hydrogen-bond donors (Lipinski definition) is 2. The van der Waals surface area contributed by atoms with Crippen LogP contribution >= 0.6 is 11.3 Å². The van der Waals surface area contributed by atoms with Gasteiger partial charge in [0.1, 0.15) is 4.88 Å². The van der Waals surface area contributed by atoms with E-state index in [1.54, 1.807) is 12.4 Å². The highest BCUT2D eigenvalue weighted by Gasteiger charge is 2.27. The lowest BCUT2D eigenvalue weighted by molar-refractivity contribution is 0.0955. The average Bonchev–Trinajstić information content (AvgIpc) is 3.10. The Bertz CT molecular complexity index is 804. The second kappa shape index (κ2) is 5.96. The van der Waals surface area contributed by atoms with Crippen molar-refractivity contribution in [2.45, 2.75) is 25.3 Å². The average molecular weight is 324 g/mol. The van der Waals surface area contributed by atoms with Gasteiger partial charge in [-0.05, 0) is 30.0 Å². The summed E-state index contributed by atoms with van der Waals surface area (Å²) < 4.78 is 0. The molecule has 4 rings (SSSR count). The van der Waals surface area contributed by atoms with Crippen LogP contribution in [-0.4, -0.2) is 21.1 Å². The van der Waals surface area contributed by atoms with Gasteiger partial charge in [0.15, 0.2) is 0 Å². The first-order valence-corrected chi connectivity index (χ1v) is 8.44. The zero-order chi connectivity index (χ0) is 15.6. The van der Waals surface area contributed by atoms with Crippen LogP contribution in [0.5, 0.6) is 0 Å². The molecule has 1 saturated carbocycles. The largest absolute Gasteiger partial charge is 0.347 e. The Morgan fingerprint density at radius 1 is 1.26 bits per heavy atom. The Morgan fingerprint density at radius 3 is 2.78 bits per heavy atom. The second-order valence-electron chi connectivity index (χ2n) is 5.69. The van der Waals surface area contributed by atoms with E-state index in [0.717, 1.165) is 21.8 Å². The van der Waals surface area contributed by atoms with E-state index in [0.29, 0.717) is 17.3 Å². The van der Waals surface area contributed by atoms with Crippen LogP contribution < -0.4 is 5.32 Å². The number of amides is 1. The summed E-state index contributed by atoms with van der Waals surface area (Å²) in [6.07, 6.45) is 5.83. The summed E-state index contributed by atoms with van der Waals surface area (Å²) in [5, 5.41) is 10.9. The highest BCUT2D eigenvalue weighted by Crippen LogP contribution is 2.41. The first-order chi connectivity index (χ1) is 11.3. The van der Waals surface area contributed by atoms with E-state index in [-0.39, 0.29) is 5.91 Å². The van der Waals surface area contributed by atoms with Crippen molar-refractivity contribution in [1.29, 1.82) is 0 Å². The van der Waals surface area contributed by atoms with Gasteiger partial charge in [-0.1, -0.05) is 24.3 Å². The number of aromatic amines is 1. The highest BCUT2D eigenvalue weighted by molar-refractivity contribution is 7.13. The molecule has 0 saturated heterocycles. The Morgan fingerprint density at radius 2 is 2.09 bits per heavy atom. The number of H-pyrrole nitrogens is 1. The minimum atomic E-state index is -0.0490. The lowest BCUT2D eigenvalue weighted by atomic mass is 10.1. The summed E-state index contributed by atoms with van der Waals surface area (Å²) >= 11 is 1.51. The topological polar surface area (TPSA) is 70.7 Å². The van der Waals surface area contributed by atoms with E-state index in [4.69, 9.17) is 0 Å². The molecule has 1 aromatic carbocycles. The zero-order valence-corrected chi connectivity index (χ0v) is 13.3. The van der Waals surface area contributed by atoms with Gasteiger partial charge in [0.25, 0.3) is 5.91 Å². The minimum Gasteiger partial charge on any atom is -0.347 e. The standard InChI is InChI=1S/C17H16N4OS/c22-16(15-10-19-17(23-15)13-5-6-13)18-9-11-1-3-12(4-2-11)14-7-8-20-21-14/h1-4,7-8,10,13H,5-6,9H2,(H,18,22)(H,20,21). The molecule has 5 nitrogen and oxygen atoms in total. The predicted octanol–water partition coefficient (Wildman–Crippen LogP) is 3.34. The maximum absolute atomic E-state index is 12.2. The van der Waals surface area contributed by atoms with Gasteiger partial charge in [-0.25, -0.2) is 4.98 Å². The van der Waals surface area contributed by atoms with E-state index in [2.05, 4.69) is 20.5 Å².